The predicted molar refractivity (Wildman–Crippen MR) is 95.4 cm³/mol. The Labute approximate surface area is 128 Å². The summed E-state index contributed by atoms with van der Waals surface area (Å²) in [5.74, 6) is 0. The van der Waals surface area contributed by atoms with Crippen LogP contribution in [0.3, 0.4) is 0 Å². The maximum atomic E-state index is 4.14. The lowest BCUT2D eigenvalue weighted by Crippen LogP contribution is -2.77. The van der Waals surface area contributed by atoms with Crippen molar-refractivity contribution < 1.29 is 15.3 Å². The Bertz CT molecular complexity index is 372. The molecule has 4 nitrogen and oxygen atoms in total. The van der Waals surface area contributed by atoms with Crippen molar-refractivity contribution in [1.82, 2.24) is 0 Å². The molecule has 0 radical (unpaired) electrons. The summed E-state index contributed by atoms with van der Waals surface area (Å²) in [4.78, 5) is 0. The number of hydrogen-bond donors (Lipinski definition) is 0. The van der Waals surface area contributed by atoms with E-state index >= 15 is 0 Å². The minimum Gasteiger partial charge on any atom is -0.365 e. The fraction of sp³-hybridized carbons (Fsp3) is 0.455. The van der Waals surface area contributed by atoms with Crippen LogP contribution in [0.15, 0.2) is 38.3 Å². The van der Waals surface area contributed by atoms with Crippen molar-refractivity contribution in [1.29, 1.82) is 0 Å². The van der Waals surface area contributed by atoms with Gasteiger partial charge in [-0.3, -0.25) is 0 Å². The Kier molecular flexibility index (Phi) is 4.80. The molecule has 1 fully saturated rings. The second kappa shape index (κ2) is 5.37. The van der Waals surface area contributed by atoms with Crippen LogP contribution in [0.25, 0.3) is 0 Å². The van der Waals surface area contributed by atoms with E-state index in [1.807, 2.05) is 0 Å². The molecule has 1 saturated heterocycles. The lowest BCUT2D eigenvalue weighted by atomic mass is 11.0. The second-order valence-corrected chi connectivity index (χ2v) is 24.3. The summed E-state index contributed by atoms with van der Waals surface area (Å²) >= 11 is 0. The van der Waals surface area contributed by atoms with Crippen LogP contribution in [0.4, 0.5) is 0 Å². The molecule has 2 atom stereocenters. The highest BCUT2D eigenvalue weighted by Gasteiger charge is 2.50. The van der Waals surface area contributed by atoms with Crippen molar-refractivity contribution in [2.75, 3.05) is 35.2 Å². The zero-order valence-electron chi connectivity index (χ0n) is 13.5. The standard InChI is InChI=1S/C11H32N4Si4/c1-9-13(6)16-12(4,5)17-14(7,10-2)19-15(8,11-3)18-13/h9-11H,1-3,16-19H2,4-8H3/q+4. The number of quaternary nitrogens is 4. The van der Waals surface area contributed by atoms with E-state index in [0.29, 0.717) is 0 Å². The molecule has 0 bridgehead atoms. The van der Waals surface area contributed by atoms with Gasteiger partial charge in [0.15, 0.2) is 0 Å². The van der Waals surface area contributed by atoms with Gasteiger partial charge in [0.1, 0.15) is 0 Å². The third-order valence-electron chi connectivity index (χ3n) is 4.03. The van der Waals surface area contributed by atoms with Crippen LogP contribution in [-0.2, 0) is 0 Å². The first kappa shape index (κ1) is 17.0. The molecule has 108 valence electrons. The van der Waals surface area contributed by atoms with Crippen LogP contribution in [0.5, 0.6) is 0 Å². The maximum absolute atomic E-state index is 4.14. The molecule has 2 unspecified atom stereocenters. The summed E-state index contributed by atoms with van der Waals surface area (Å²) in [6, 6.07) is 0. The first-order chi connectivity index (χ1) is 8.51. The molecule has 8 heteroatoms. The zero-order valence-corrected chi connectivity index (χ0v) is 19.1. The molecule has 1 rings (SSSR count). The molecule has 0 aliphatic carbocycles. The van der Waals surface area contributed by atoms with Crippen LogP contribution >= 0.6 is 0 Å². The van der Waals surface area contributed by atoms with Crippen LogP contribution in [0.2, 0.25) is 0 Å². The van der Waals surface area contributed by atoms with Crippen LogP contribution in [0.1, 0.15) is 0 Å². The average molecular weight is 333 g/mol. The van der Waals surface area contributed by atoms with Gasteiger partial charge >= 0.3 is 39.4 Å². The van der Waals surface area contributed by atoms with Crippen molar-refractivity contribution in [2.24, 2.45) is 0 Å². The minimum absolute atomic E-state index is 0.283. The van der Waals surface area contributed by atoms with Crippen LogP contribution < -0.4 is 0 Å². The van der Waals surface area contributed by atoms with Crippen LogP contribution in [-0.4, -0.2) is 89.9 Å². The van der Waals surface area contributed by atoms with Crippen molar-refractivity contribution in [2.45, 2.75) is 0 Å². The van der Waals surface area contributed by atoms with E-state index in [-0.39, 0.29) is 39.4 Å². The fourth-order valence-electron chi connectivity index (χ4n) is 3.75. The van der Waals surface area contributed by atoms with Gasteiger partial charge in [-0.15, -0.1) is 0 Å². The molecule has 0 amide bonds. The van der Waals surface area contributed by atoms with Crippen molar-refractivity contribution in [3.63, 3.8) is 0 Å². The van der Waals surface area contributed by atoms with Gasteiger partial charge in [0.05, 0.1) is 18.6 Å². The van der Waals surface area contributed by atoms with Crippen molar-refractivity contribution in [3.8, 4) is 0 Å². The predicted octanol–water partition coefficient (Wildman–Crippen LogP) is -2.16. The molecule has 0 saturated carbocycles. The maximum Gasteiger partial charge on any atom is 0.475 e. The van der Waals surface area contributed by atoms with E-state index in [1.165, 1.54) is 11.4 Å². The highest BCUT2D eigenvalue weighted by Crippen LogP contribution is 2.19. The van der Waals surface area contributed by atoms with Gasteiger partial charge in [-0.05, 0) is 19.7 Å². The molecular weight excluding hydrogens is 300 g/mol. The van der Waals surface area contributed by atoms with E-state index in [1.54, 1.807) is 0 Å². The normalized spacial score (nSPS) is 47.8. The largest absolute Gasteiger partial charge is 0.475 e. The van der Waals surface area contributed by atoms with Gasteiger partial charge in [0, 0.05) is 35.2 Å². The molecule has 0 N–H and O–H groups in total. The molecule has 1 aliphatic heterocycles. The van der Waals surface area contributed by atoms with E-state index in [9.17, 15) is 0 Å². The zero-order chi connectivity index (χ0) is 14.9. The highest BCUT2D eigenvalue weighted by atomic mass is 28.4. The third kappa shape index (κ3) is 4.19. The Morgan fingerprint density at radius 3 is 1.11 bits per heavy atom. The topological polar surface area (TPSA) is 0 Å². The first-order valence-corrected chi connectivity index (χ1v) is 11.8. The van der Waals surface area contributed by atoms with E-state index < -0.39 is 0 Å². The summed E-state index contributed by atoms with van der Waals surface area (Å²) in [7, 11) is 10.9. The number of nitrogens with zero attached hydrogens (tertiary/aromatic N) is 4. The average Bonchev–Trinajstić information content (AvgIpc) is 2.25. The summed E-state index contributed by atoms with van der Waals surface area (Å²) in [6.45, 7) is 12.4. The molecule has 0 aromatic heterocycles. The Morgan fingerprint density at radius 2 is 0.842 bits per heavy atom. The van der Waals surface area contributed by atoms with Gasteiger partial charge in [0.25, 0.3) is 0 Å². The van der Waals surface area contributed by atoms with Gasteiger partial charge in [-0.25, -0.2) is 0 Å². The summed E-state index contributed by atoms with van der Waals surface area (Å²) in [6.07, 6.45) is 6.67. The molecule has 19 heavy (non-hydrogen) atoms. The first-order valence-electron chi connectivity index (χ1n) is 6.77. The highest BCUT2D eigenvalue weighted by molar-refractivity contribution is 6.47. The van der Waals surface area contributed by atoms with E-state index in [2.05, 4.69) is 73.6 Å². The quantitative estimate of drug-likeness (QED) is 0.517. The van der Waals surface area contributed by atoms with Crippen molar-refractivity contribution >= 4 is 39.4 Å². The van der Waals surface area contributed by atoms with E-state index in [0.717, 1.165) is 3.81 Å². The fourth-order valence-corrected chi connectivity index (χ4v) is 27.2. The summed E-state index contributed by atoms with van der Waals surface area (Å²) in [5, 5.41) is 0. The lowest BCUT2D eigenvalue weighted by molar-refractivity contribution is -0.865. The minimum atomic E-state index is -0.355. The Hall–Kier alpha value is -0.0725. The molecule has 1 aliphatic rings. The van der Waals surface area contributed by atoms with Gasteiger partial charge in [-0.2, -0.15) is 0 Å². The van der Waals surface area contributed by atoms with Crippen LogP contribution in [0, 0.1) is 0 Å². The van der Waals surface area contributed by atoms with Gasteiger partial charge in [0.2, 0.25) is 0 Å². The van der Waals surface area contributed by atoms with E-state index in [4.69, 9.17) is 0 Å². The van der Waals surface area contributed by atoms with Gasteiger partial charge in [-0.1, -0.05) is 0 Å². The molecule has 1 heterocycles. The Balaban J connectivity index is 3.23. The third-order valence-corrected chi connectivity index (χ3v) is 15.8. The summed E-state index contributed by atoms with van der Waals surface area (Å²) in [5.41, 5.74) is 0. The molecular formula is C11H32N4Si4+4. The smallest absolute Gasteiger partial charge is 0.365 e. The summed E-state index contributed by atoms with van der Waals surface area (Å²) < 4.78 is 4.83. The van der Waals surface area contributed by atoms with Gasteiger partial charge < -0.3 is 15.3 Å². The monoisotopic (exact) mass is 332 g/mol. The number of hydrogen-bond acceptors (Lipinski definition) is 0. The SMILES string of the molecule is C=C[N+]1(C)[SiH2][N+](C)(C)[SiH2][N+](C)(C=C)[SiH2][N+](C)(C=C)[SiH2]1. The Morgan fingerprint density at radius 1 is 0.579 bits per heavy atom. The lowest BCUT2D eigenvalue weighted by Gasteiger charge is -2.50. The second-order valence-electron chi connectivity index (χ2n) is 7.49. The molecule has 0 aromatic carbocycles. The van der Waals surface area contributed by atoms with Crippen molar-refractivity contribution in [3.05, 3.63) is 38.3 Å². The molecule has 0 aromatic rings. The number of rotatable bonds is 3. The molecule has 0 spiro atoms.